The van der Waals surface area contributed by atoms with Gasteiger partial charge >= 0.3 is 12.0 Å². The minimum Gasteiger partial charge on any atom is -0.481 e. The predicted molar refractivity (Wildman–Crippen MR) is 72.1 cm³/mol. The van der Waals surface area contributed by atoms with Crippen LogP contribution < -0.4 is 5.32 Å². The zero-order valence-corrected chi connectivity index (χ0v) is 11.5. The van der Waals surface area contributed by atoms with E-state index in [0.29, 0.717) is 18.7 Å². The fourth-order valence-electron chi connectivity index (χ4n) is 2.13. The van der Waals surface area contributed by atoms with Crippen molar-refractivity contribution in [3.05, 3.63) is 35.8 Å². The summed E-state index contributed by atoms with van der Waals surface area (Å²) in [5.74, 6) is 0.137. The zero-order valence-electron chi connectivity index (χ0n) is 11.5. The quantitative estimate of drug-likeness (QED) is 0.822. The summed E-state index contributed by atoms with van der Waals surface area (Å²) in [6.07, 6.45) is 3.74. The van der Waals surface area contributed by atoms with Crippen molar-refractivity contribution in [3.8, 4) is 0 Å². The molecule has 2 N–H and O–H groups in total. The lowest BCUT2D eigenvalue weighted by atomic mass is 10.1. The molecule has 0 aromatic carbocycles. The van der Waals surface area contributed by atoms with Crippen LogP contribution in [0.1, 0.15) is 17.9 Å². The van der Waals surface area contributed by atoms with Gasteiger partial charge in [0.25, 0.3) is 0 Å². The highest BCUT2D eigenvalue weighted by Crippen LogP contribution is 2.18. The van der Waals surface area contributed by atoms with Crippen molar-refractivity contribution < 1.29 is 19.1 Å². The van der Waals surface area contributed by atoms with Gasteiger partial charge in [-0.3, -0.25) is 4.79 Å². The molecule has 2 amide bonds. The van der Waals surface area contributed by atoms with Crippen LogP contribution in [0.5, 0.6) is 0 Å². The van der Waals surface area contributed by atoms with Crippen LogP contribution in [0.25, 0.3) is 0 Å². The molecule has 2 rings (SSSR count). The number of hydrogen-bond donors (Lipinski definition) is 2. The molecule has 1 aromatic rings. The number of rotatable bonds is 4. The van der Waals surface area contributed by atoms with Crippen molar-refractivity contribution >= 4 is 12.0 Å². The van der Waals surface area contributed by atoms with Gasteiger partial charge in [0.15, 0.2) is 0 Å². The average molecular weight is 278 g/mol. The second-order valence-corrected chi connectivity index (χ2v) is 4.99. The number of nitrogens with zero attached hydrogens (tertiary/aromatic N) is 1. The van der Waals surface area contributed by atoms with E-state index in [1.807, 2.05) is 19.1 Å². The number of aliphatic carboxylic acids is 1. The molecular formula is C14H18N2O4. The fraction of sp³-hybridized carbons (Fsp3) is 0.429. The van der Waals surface area contributed by atoms with Gasteiger partial charge in [-0.2, -0.15) is 0 Å². The summed E-state index contributed by atoms with van der Waals surface area (Å²) >= 11 is 0. The van der Waals surface area contributed by atoms with E-state index < -0.39 is 11.9 Å². The van der Waals surface area contributed by atoms with Gasteiger partial charge in [-0.05, 0) is 25.5 Å². The maximum absolute atomic E-state index is 12.0. The fourth-order valence-corrected chi connectivity index (χ4v) is 2.13. The molecule has 1 heterocycles. The van der Waals surface area contributed by atoms with Crippen molar-refractivity contribution in [1.29, 1.82) is 0 Å². The highest BCUT2D eigenvalue weighted by molar-refractivity contribution is 5.76. The van der Waals surface area contributed by atoms with Crippen LogP contribution in [0, 0.1) is 12.8 Å². The summed E-state index contributed by atoms with van der Waals surface area (Å²) in [7, 11) is 1.67. The third-order valence-corrected chi connectivity index (χ3v) is 3.25. The first-order chi connectivity index (χ1) is 9.45. The Kier molecular flexibility index (Phi) is 4.12. The summed E-state index contributed by atoms with van der Waals surface area (Å²) in [6, 6.07) is 3.19. The number of carbonyl (C=O) groups excluding carboxylic acids is 1. The SMILES string of the molecule is Cc1ccc(CN(C)C(=O)NC2C=CC(C(=O)O)C2)o1. The molecule has 6 nitrogen and oxygen atoms in total. The van der Waals surface area contributed by atoms with Gasteiger partial charge in [-0.25, -0.2) is 4.79 Å². The molecule has 0 saturated heterocycles. The number of carbonyl (C=O) groups is 2. The van der Waals surface area contributed by atoms with E-state index in [2.05, 4.69) is 5.32 Å². The molecule has 0 saturated carbocycles. The molecule has 20 heavy (non-hydrogen) atoms. The lowest BCUT2D eigenvalue weighted by molar-refractivity contribution is -0.140. The number of aryl methyl sites for hydroxylation is 1. The standard InChI is InChI=1S/C14H18N2O4/c1-9-3-6-12(20-9)8-16(2)14(19)15-11-5-4-10(7-11)13(17)18/h3-6,10-11H,7-8H2,1-2H3,(H,15,19)(H,17,18). The molecule has 0 radical (unpaired) electrons. The molecule has 0 aliphatic heterocycles. The molecule has 2 unspecified atom stereocenters. The van der Waals surface area contributed by atoms with Gasteiger partial charge in [0.2, 0.25) is 0 Å². The molecule has 1 aliphatic carbocycles. The number of carboxylic acid groups (broad SMARTS) is 1. The molecule has 0 bridgehead atoms. The van der Waals surface area contributed by atoms with E-state index in [1.165, 1.54) is 4.90 Å². The molecule has 0 fully saturated rings. The number of carboxylic acids is 1. The van der Waals surface area contributed by atoms with Crippen molar-refractivity contribution in [2.45, 2.75) is 25.9 Å². The number of hydrogen-bond acceptors (Lipinski definition) is 3. The Morgan fingerprint density at radius 3 is 2.75 bits per heavy atom. The highest BCUT2D eigenvalue weighted by Gasteiger charge is 2.26. The van der Waals surface area contributed by atoms with Crippen molar-refractivity contribution in [2.75, 3.05) is 7.05 Å². The first kappa shape index (κ1) is 14.2. The number of urea groups is 1. The van der Waals surface area contributed by atoms with E-state index in [4.69, 9.17) is 9.52 Å². The minimum absolute atomic E-state index is 0.232. The molecular weight excluding hydrogens is 260 g/mol. The molecule has 1 aliphatic rings. The first-order valence-electron chi connectivity index (χ1n) is 6.44. The van der Waals surface area contributed by atoms with Crippen LogP contribution in [0.15, 0.2) is 28.7 Å². The molecule has 108 valence electrons. The Morgan fingerprint density at radius 2 is 2.20 bits per heavy atom. The van der Waals surface area contributed by atoms with Gasteiger partial charge < -0.3 is 19.7 Å². The van der Waals surface area contributed by atoms with Gasteiger partial charge in [0.1, 0.15) is 11.5 Å². The summed E-state index contributed by atoms with van der Waals surface area (Å²) in [5.41, 5.74) is 0. The van der Waals surface area contributed by atoms with Crippen molar-refractivity contribution in [3.63, 3.8) is 0 Å². The summed E-state index contributed by atoms with van der Waals surface area (Å²) in [6.45, 7) is 2.22. The molecule has 2 atom stereocenters. The predicted octanol–water partition coefficient (Wildman–Crippen LogP) is 1.76. The number of furan rings is 1. The van der Waals surface area contributed by atoms with Gasteiger partial charge in [-0.1, -0.05) is 12.2 Å². The van der Waals surface area contributed by atoms with Crippen LogP contribution in [0.4, 0.5) is 4.79 Å². The van der Waals surface area contributed by atoms with E-state index in [-0.39, 0.29) is 12.1 Å². The number of nitrogens with one attached hydrogen (secondary N) is 1. The number of amides is 2. The van der Waals surface area contributed by atoms with Crippen LogP contribution >= 0.6 is 0 Å². The summed E-state index contributed by atoms with van der Waals surface area (Å²) in [5, 5.41) is 11.7. The Bertz CT molecular complexity index is 535. The topological polar surface area (TPSA) is 82.8 Å². The van der Waals surface area contributed by atoms with E-state index in [9.17, 15) is 9.59 Å². The minimum atomic E-state index is -0.864. The zero-order chi connectivity index (χ0) is 14.7. The highest BCUT2D eigenvalue weighted by atomic mass is 16.4. The molecule has 0 spiro atoms. The van der Waals surface area contributed by atoms with Crippen molar-refractivity contribution in [1.82, 2.24) is 10.2 Å². The Balaban J connectivity index is 1.83. The summed E-state index contributed by atoms with van der Waals surface area (Å²) in [4.78, 5) is 24.3. The Labute approximate surface area is 117 Å². The first-order valence-corrected chi connectivity index (χ1v) is 6.44. The van der Waals surface area contributed by atoms with Crippen LogP contribution in [-0.4, -0.2) is 35.1 Å². The van der Waals surface area contributed by atoms with Gasteiger partial charge in [0, 0.05) is 7.05 Å². The smallest absolute Gasteiger partial charge is 0.318 e. The van der Waals surface area contributed by atoms with E-state index in [0.717, 1.165) is 5.76 Å². The molecule has 1 aromatic heterocycles. The average Bonchev–Trinajstić information content (AvgIpc) is 2.98. The maximum Gasteiger partial charge on any atom is 0.318 e. The van der Waals surface area contributed by atoms with E-state index in [1.54, 1.807) is 19.2 Å². The monoisotopic (exact) mass is 278 g/mol. The second kappa shape index (κ2) is 5.81. The van der Waals surface area contributed by atoms with Crippen LogP contribution in [0.3, 0.4) is 0 Å². The third-order valence-electron chi connectivity index (χ3n) is 3.25. The van der Waals surface area contributed by atoms with Crippen LogP contribution in [-0.2, 0) is 11.3 Å². The summed E-state index contributed by atoms with van der Waals surface area (Å²) < 4.78 is 5.41. The van der Waals surface area contributed by atoms with E-state index >= 15 is 0 Å². The second-order valence-electron chi connectivity index (χ2n) is 4.99. The Hall–Kier alpha value is -2.24. The molecule has 6 heteroatoms. The maximum atomic E-state index is 12.0. The Morgan fingerprint density at radius 1 is 1.45 bits per heavy atom. The lowest BCUT2D eigenvalue weighted by Crippen LogP contribution is -2.41. The van der Waals surface area contributed by atoms with Gasteiger partial charge in [0.05, 0.1) is 18.5 Å². The normalized spacial score (nSPS) is 20.9. The van der Waals surface area contributed by atoms with Gasteiger partial charge in [-0.15, -0.1) is 0 Å². The largest absolute Gasteiger partial charge is 0.481 e. The van der Waals surface area contributed by atoms with Crippen LogP contribution in [0.2, 0.25) is 0 Å². The lowest BCUT2D eigenvalue weighted by Gasteiger charge is -2.19. The van der Waals surface area contributed by atoms with Crippen molar-refractivity contribution in [2.24, 2.45) is 5.92 Å². The third kappa shape index (κ3) is 3.40.